The third-order valence-electron chi connectivity index (χ3n) is 6.89. The molecule has 5 heteroatoms. The summed E-state index contributed by atoms with van der Waals surface area (Å²) in [5.41, 5.74) is 1.66. The Hall–Kier alpha value is -2.01. The molecule has 0 amide bonds. The smallest absolute Gasteiger partial charge is 0.148 e. The maximum absolute atomic E-state index is 13.1. The van der Waals surface area contributed by atoms with Crippen LogP contribution in [-0.4, -0.2) is 40.8 Å². The number of fused-ring (bicyclic) bond motifs is 1. The van der Waals surface area contributed by atoms with Crippen LogP contribution in [0.1, 0.15) is 52.4 Å². The van der Waals surface area contributed by atoms with Crippen molar-refractivity contribution in [3.63, 3.8) is 0 Å². The second-order valence-corrected chi connectivity index (χ2v) is 9.31. The third kappa shape index (κ3) is 5.18. The molecule has 1 aromatic carbocycles. The van der Waals surface area contributed by atoms with Crippen molar-refractivity contribution in [2.45, 2.75) is 58.4 Å². The minimum Gasteiger partial charge on any atom is -0.366 e. The summed E-state index contributed by atoms with van der Waals surface area (Å²) in [4.78, 5) is 2.73. The van der Waals surface area contributed by atoms with Crippen LogP contribution in [-0.2, 0) is 0 Å². The summed E-state index contributed by atoms with van der Waals surface area (Å²) in [7, 11) is 0. The number of hydrogen-bond donors (Lipinski definition) is 1. The Balaban J connectivity index is 1.27. The first-order valence-corrected chi connectivity index (χ1v) is 11.7. The number of nitrogens with one attached hydrogen (secondary N) is 1. The molecule has 0 bridgehead atoms. The van der Waals surface area contributed by atoms with E-state index in [1.807, 2.05) is 12.1 Å². The highest BCUT2D eigenvalue weighted by molar-refractivity contribution is 5.59. The number of halogens is 1. The Labute approximate surface area is 180 Å². The quantitative estimate of drug-likeness (QED) is 0.582. The number of nitrogens with zero attached hydrogens (tertiary/aromatic N) is 3. The van der Waals surface area contributed by atoms with E-state index in [1.54, 1.807) is 12.1 Å². The molecule has 1 unspecified atom stereocenters. The molecule has 2 fully saturated rings. The Morgan fingerprint density at radius 2 is 1.63 bits per heavy atom. The highest BCUT2D eigenvalue weighted by Gasteiger charge is 2.41. The van der Waals surface area contributed by atoms with Gasteiger partial charge in [0.1, 0.15) is 11.6 Å². The fourth-order valence-corrected chi connectivity index (χ4v) is 5.57. The molecule has 162 valence electrons. The molecular formula is C25H35FN4. The number of hydrogen-bond acceptors (Lipinski definition) is 4. The van der Waals surface area contributed by atoms with Gasteiger partial charge < -0.3 is 10.2 Å². The van der Waals surface area contributed by atoms with Crippen molar-refractivity contribution in [3.8, 4) is 11.3 Å². The number of benzene rings is 1. The second-order valence-electron chi connectivity index (χ2n) is 9.31. The van der Waals surface area contributed by atoms with Gasteiger partial charge in [-0.15, -0.1) is 10.2 Å². The Morgan fingerprint density at radius 1 is 0.967 bits per heavy atom. The summed E-state index contributed by atoms with van der Waals surface area (Å²) in [5.74, 6) is 3.12. The van der Waals surface area contributed by atoms with Gasteiger partial charge in [0.2, 0.25) is 0 Å². The van der Waals surface area contributed by atoms with Gasteiger partial charge in [-0.2, -0.15) is 0 Å². The predicted molar refractivity (Wildman–Crippen MR) is 121 cm³/mol. The lowest BCUT2D eigenvalue weighted by Crippen LogP contribution is -2.30. The third-order valence-corrected chi connectivity index (χ3v) is 6.89. The monoisotopic (exact) mass is 410 g/mol. The number of likely N-dealkylation sites (tertiary alicyclic amines) is 1. The standard InChI is InChI=1S/C25H35FN4/c1-3-5-18(6-4-2)15-30-16-20-13-23(14-21(20)17-30)27-25-12-11-24(28-29-25)19-7-9-22(26)10-8-19/h7-12,18,20-21,23H,3-6,13-17H2,1-2H3,(H,27,29)/t20-,21+,23?. The minimum atomic E-state index is -0.235. The van der Waals surface area contributed by atoms with E-state index in [2.05, 4.69) is 34.3 Å². The zero-order valence-corrected chi connectivity index (χ0v) is 18.4. The van der Waals surface area contributed by atoms with Gasteiger partial charge >= 0.3 is 0 Å². The second kappa shape index (κ2) is 9.86. The van der Waals surface area contributed by atoms with Gasteiger partial charge in [0.05, 0.1) is 5.69 Å². The molecule has 2 aromatic rings. The van der Waals surface area contributed by atoms with E-state index in [0.717, 1.165) is 34.8 Å². The van der Waals surface area contributed by atoms with Crippen molar-refractivity contribution in [3.05, 3.63) is 42.2 Å². The van der Waals surface area contributed by atoms with Crippen LogP contribution in [0.4, 0.5) is 10.2 Å². The molecule has 1 saturated heterocycles. The lowest BCUT2D eigenvalue weighted by Gasteiger charge is -2.25. The van der Waals surface area contributed by atoms with Gasteiger partial charge in [-0.05, 0) is 79.8 Å². The summed E-state index contributed by atoms with van der Waals surface area (Å²) in [5, 5.41) is 12.3. The van der Waals surface area contributed by atoms with Gasteiger partial charge in [0.15, 0.2) is 0 Å². The van der Waals surface area contributed by atoms with Crippen LogP contribution in [0.25, 0.3) is 11.3 Å². The van der Waals surface area contributed by atoms with Crippen molar-refractivity contribution in [1.82, 2.24) is 15.1 Å². The molecule has 1 saturated carbocycles. The summed E-state index contributed by atoms with van der Waals surface area (Å²) in [6.07, 6.45) is 7.81. The molecule has 3 atom stereocenters. The molecule has 1 aliphatic heterocycles. The van der Waals surface area contributed by atoms with Crippen LogP contribution in [0, 0.1) is 23.6 Å². The van der Waals surface area contributed by atoms with Crippen LogP contribution in [0.5, 0.6) is 0 Å². The van der Waals surface area contributed by atoms with Crippen LogP contribution in [0.3, 0.4) is 0 Å². The minimum absolute atomic E-state index is 0.235. The maximum Gasteiger partial charge on any atom is 0.148 e. The van der Waals surface area contributed by atoms with Gasteiger partial charge in [0.25, 0.3) is 0 Å². The fourth-order valence-electron chi connectivity index (χ4n) is 5.57. The van der Waals surface area contributed by atoms with E-state index in [9.17, 15) is 4.39 Å². The molecule has 0 radical (unpaired) electrons. The summed E-state index contributed by atoms with van der Waals surface area (Å²) < 4.78 is 13.1. The van der Waals surface area contributed by atoms with Gasteiger partial charge in [-0.25, -0.2) is 4.39 Å². The molecule has 4 nitrogen and oxygen atoms in total. The van der Waals surface area contributed by atoms with Crippen LogP contribution >= 0.6 is 0 Å². The van der Waals surface area contributed by atoms with Gasteiger partial charge in [0, 0.05) is 31.2 Å². The molecular weight excluding hydrogens is 375 g/mol. The summed E-state index contributed by atoms with van der Waals surface area (Å²) in [6.45, 7) is 8.45. The molecule has 2 aliphatic rings. The summed E-state index contributed by atoms with van der Waals surface area (Å²) in [6, 6.07) is 10.8. The van der Waals surface area contributed by atoms with Crippen molar-refractivity contribution < 1.29 is 4.39 Å². The molecule has 2 heterocycles. The normalized spacial score (nSPS) is 23.8. The first-order valence-electron chi connectivity index (χ1n) is 11.7. The zero-order valence-electron chi connectivity index (χ0n) is 18.4. The Kier molecular flexibility index (Phi) is 6.98. The lowest BCUT2D eigenvalue weighted by molar-refractivity contribution is 0.240. The topological polar surface area (TPSA) is 41.0 Å². The zero-order chi connectivity index (χ0) is 20.9. The molecule has 1 N–H and O–H groups in total. The first kappa shape index (κ1) is 21.2. The van der Waals surface area contributed by atoms with Gasteiger partial charge in [-0.1, -0.05) is 26.7 Å². The average Bonchev–Trinajstić information content (AvgIpc) is 3.27. The van der Waals surface area contributed by atoms with Crippen LogP contribution < -0.4 is 5.32 Å². The Bertz CT molecular complexity index is 772. The maximum atomic E-state index is 13.1. The van der Waals surface area contributed by atoms with E-state index >= 15 is 0 Å². The van der Waals surface area contributed by atoms with E-state index in [0.29, 0.717) is 6.04 Å². The SMILES string of the molecule is CCCC(CCC)CN1C[C@H]2CC(Nc3ccc(-c4ccc(F)cc4)nn3)C[C@H]2C1. The highest BCUT2D eigenvalue weighted by Crippen LogP contribution is 2.39. The number of aromatic nitrogens is 2. The lowest BCUT2D eigenvalue weighted by atomic mass is 9.97. The number of anilines is 1. The predicted octanol–water partition coefficient (Wildman–Crippen LogP) is 5.62. The van der Waals surface area contributed by atoms with E-state index in [-0.39, 0.29) is 5.82 Å². The van der Waals surface area contributed by atoms with Crippen LogP contribution in [0.2, 0.25) is 0 Å². The molecule has 1 aliphatic carbocycles. The molecule has 1 aromatic heterocycles. The van der Waals surface area contributed by atoms with Crippen LogP contribution in [0.15, 0.2) is 36.4 Å². The van der Waals surface area contributed by atoms with E-state index < -0.39 is 0 Å². The van der Waals surface area contributed by atoms with Crippen molar-refractivity contribution in [1.29, 1.82) is 0 Å². The first-order chi connectivity index (χ1) is 14.6. The van der Waals surface area contributed by atoms with Crippen molar-refractivity contribution >= 4 is 5.82 Å². The highest BCUT2D eigenvalue weighted by atomic mass is 19.1. The fraction of sp³-hybridized carbons (Fsp3) is 0.600. The van der Waals surface area contributed by atoms with E-state index in [4.69, 9.17) is 0 Å². The molecule has 0 spiro atoms. The van der Waals surface area contributed by atoms with Crippen molar-refractivity contribution in [2.24, 2.45) is 17.8 Å². The van der Waals surface area contributed by atoms with E-state index in [1.165, 1.54) is 70.3 Å². The summed E-state index contributed by atoms with van der Waals surface area (Å²) >= 11 is 0. The Morgan fingerprint density at radius 3 is 2.20 bits per heavy atom. The number of rotatable bonds is 9. The molecule has 4 rings (SSSR count). The van der Waals surface area contributed by atoms with Crippen molar-refractivity contribution in [2.75, 3.05) is 25.0 Å². The van der Waals surface area contributed by atoms with Gasteiger partial charge in [-0.3, -0.25) is 0 Å². The molecule has 30 heavy (non-hydrogen) atoms. The average molecular weight is 411 g/mol. The largest absolute Gasteiger partial charge is 0.366 e.